The molecule has 7 heteroatoms. The van der Waals surface area contributed by atoms with Gasteiger partial charge in [0.1, 0.15) is 5.75 Å². The van der Waals surface area contributed by atoms with Crippen LogP contribution in [-0.4, -0.2) is 56.3 Å². The Morgan fingerprint density at radius 1 is 1.24 bits per heavy atom. The number of hydrogen-bond donors (Lipinski definition) is 3. The number of unbranched alkanes of at least 4 members (excludes halogenated alkanes) is 1. The molecule has 4 N–H and O–H groups in total. The number of ether oxygens (including phenoxy) is 2. The molecule has 1 fully saturated rings. The van der Waals surface area contributed by atoms with Crippen molar-refractivity contribution in [3.8, 4) is 5.75 Å². The van der Waals surface area contributed by atoms with Gasteiger partial charge in [-0.2, -0.15) is 0 Å². The Balaban J connectivity index is 1.13. The highest BCUT2D eigenvalue weighted by molar-refractivity contribution is 5.98. The molecule has 2 heterocycles. The SMILES string of the molecule is CCCC(C)N1Cc2cc(OCCCCNC/C(=C/Nc3cccc(C4COC4)c3)CN)ccc2C1=O. The number of anilines is 1. The van der Waals surface area contributed by atoms with Crippen LogP contribution in [0.2, 0.25) is 0 Å². The number of nitrogens with zero attached hydrogens (tertiary/aromatic N) is 1. The standard InChI is InChI=1S/C30H42N4O3/c1-3-7-22(2)34-19-25-15-28(10-11-29(25)30(34)35)37-13-5-4-12-32-17-23(16-31)18-33-27-9-6-8-24(14-27)26-20-36-21-26/h6,8-11,14-15,18,22,26,32-33H,3-5,7,12-13,16-17,19-21,31H2,1-2H3/b23-18+. The summed E-state index contributed by atoms with van der Waals surface area (Å²) in [4.78, 5) is 14.7. The second-order valence-corrected chi connectivity index (χ2v) is 10.1. The molecule has 2 aromatic rings. The van der Waals surface area contributed by atoms with Crippen molar-refractivity contribution in [1.82, 2.24) is 10.2 Å². The Morgan fingerprint density at radius 3 is 2.86 bits per heavy atom. The van der Waals surface area contributed by atoms with Gasteiger partial charge in [0, 0.05) is 49.0 Å². The highest BCUT2D eigenvalue weighted by atomic mass is 16.5. The maximum atomic E-state index is 12.7. The van der Waals surface area contributed by atoms with Crippen LogP contribution in [0.1, 0.15) is 66.9 Å². The monoisotopic (exact) mass is 506 g/mol. The zero-order chi connectivity index (χ0) is 26.0. The number of hydrogen-bond acceptors (Lipinski definition) is 6. The van der Waals surface area contributed by atoms with E-state index in [1.54, 1.807) is 0 Å². The molecule has 0 aromatic heterocycles. The van der Waals surface area contributed by atoms with Crippen molar-refractivity contribution in [3.05, 3.63) is 70.9 Å². The molecule has 1 amide bonds. The molecular formula is C30H42N4O3. The minimum absolute atomic E-state index is 0.145. The van der Waals surface area contributed by atoms with Crippen LogP contribution in [0.4, 0.5) is 5.69 Å². The summed E-state index contributed by atoms with van der Waals surface area (Å²) in [5.74, 6) is 1.51. The van der Waals surface area contributed by atoms with Crippen molar-refractivity contribution in [2.75, 3.05) is 44.8 Å². The predicted octanol–water partition coefficient (Wildman–Crippen LogP) is 4.65. The molecule has 2 aliphatic rings. The summed E-state index contributed by atoms with van der Waals surface area (Å²) in [6, 6.07) is 14.6. The topological polar surface area (TPSA) is 88.8 Å². The Bertz CT molecular complexity index is 1070. The number of amides is 1. The first-order valence-electron chi connectivity index (χ1n) is 13.7. The summed E-state index contributed by atoms with van der Waals surface area (Å²) in [6.07, 6.45) is 6.09. The Hall–Kier alpha value is -2.87. The number of carbonyl (C=O) groups excluding carboxylic acids is 1. The van der Waals surface area contributed by atoms with Crippen molar-refractivity contribution in [2.45, 2.75) is 58.0 Å². The molecule has 0 aliphatic carbocycles. The summed E-state index contributed by atoms with van der Waals surface area (Å²) in [5.41, 5.74) is 11.4. The molecule has 0 bridgehead atoms. The highest BCUT2D eigenvalue weighted by Gasteiger charge is 2.30. The minimum atomic E-state index is 0.145. The summed E-state index contributed by atoms with van der Waals surface area (Å²) in [6.45, 7) is 9.43. The maximum absolute atomic E-state index is 12.7. The van der Waals surface area contributed by atoms with Gasteiger partial charge in [0.25, 0.3) is 5.91 Å². The maximum Gasteiger partial charge on any atom is 0.254 e. The van der Waals surface area contributed by atoms with E-state index in [2.05, 4.69) is 48.7 Å². The lowest BCUT2D eigenvalue weighted by Gasteiger charge is -2.26. The van der Waals surface area contributed by atoms with E-state index in [1.807, 2.05) is 29.3 Å². The van der Waals surface area contributed by atoms with E-state index in [-0.39, 0.29) is 11.9 Å². The van der Waals surface area contributed by atoms with Gasteiger partial charge in [0.05, 0.1) is 19.8 Å². The van der Waals surface area contributed by atoms with Gasteiger partial charge in [-0.3, -0.25) is 4.79 Å². The van der Waals surface area contributed by atoms with Gasteiger partial charge in [-0.15, -0.1) is 0 Å². The van der Waals surface area contributed by atoms with Crippen molar-refractivity contribution in [2.24, 2.45) is 5.73 Å². The van der Waals surface area contributed by atoms with Gasteiger partial charge in [0.2, 0.25) is 0 Å². The Kier molecular flexibility index (Phi) is 9.99. The smallest absolute Gasteiger partial charge is 0.254 e. The van der Waals surface area contributed by atoms with Crippen molar-refractivity contribution >= 4 is 11.6 Å². The zero-order valence-electron chi connectivity index (χ0n) is 22.3. The van der Waals surface area contributed by atoms with E-state index in [4.69, 9.17) is 15.2 Å². The third kappa shape index (κ3) is 7.34. The molecule has 0 radical (unpaired) electrons. The van der Waals surface area contributed by atoms with E-state index in [9.17, 15) is 4.79 Å². The molecule has 1 unspecified atom stereocenters. The van der Waals surface area contributed by atoms with Gasteiger partial charge in [0.15, 0.2) is 0 Å². The fourth-order valence-corrected chi connectivity index (χ4v) is 4.81. The highest BCUT2D eigenvalue weighted by Crippen LogP contribution is 2.29. The van der Waals surface area contributed by atoms with E-state index in [1.165, 1.54) is 5.56 Å². The Morgan fingerprint density at radius 2 is 2.11 bits per heavy atom. The largest absolute Gasteiger partial charge is 0.494 e. The zero-order valence-corrected chi connectivity index (χ0v) is 22.3. The van der Waals surface area contributed by atoms with Crippen LogP contribution in [0, 0.1) is 0 Å². The van der Waals surface area contributed by atoms with Gasteiger partial charge >= 0.3 is 0 Å². The lowest BCUT2D eigenvalue weighted by Crippen LogP contribution is -2.33. The van der Waals surface area contributed by atoms with Crippen LogP contribution in [0.3, 0.4) is 0 Å². The second kappa shape index (κ2) is 13.6. The molecule has 37 heavy (non-hydrogen) atoms. The summed E-state index contributed by atoms with van der Waals surface area (Å²) < 4.78 is 11.3. The van der Waals surface area contributed by atoms with Crippen LogP contribution < -0.4 is 21.1 Å². The number of nitrogens with one attached hydrogen (secondary N) is 2. The fraction of sp³-hybridized carbons (Fsp3) is 0.500. The van der Waals surface area contributed by atoms with E-state index in [0.717, 1.165) is 80.1 Å². The van der Waals surface area contributed by atoms with E-state index < -0.39 is 0 Å². The first-order chi connectivity index (χ1) is 18.1. The normalized spacial score (nSPS) is 16.5. The Labute approximate surface area is 221 Å². The first kappa shape index (κ1) is 27.2. The summed E-state index contributed by atoms with van der Waals surface area (Å²) in [7, 11) is 0. The number of nitrogens with two attached hydrogens (primary N) is 1. The average molecular weight is 507 g/mol. The molecule has 0 saturated carbocycles. The molecule has 7 nitrogen and oxygen atoms in total. The predicted molar refractivity (Wildman–Crippen MR) is 149 cm³/mol. The molecule has 1 atom stereocenters. The molecule has 0 spiro atoms. The second-order valence-electron chi connectivity index (χ2n) is 10.1. The number of fused-ring (bicyclic) bond motifs is 1. The van der Waals surface area contributed by atoms with Gasteiger partial charge in [-0.05, 0) is 79.8 Å². The van der Waals surface area contributed by atoms with Crippen LogP contribution in [-0.2, 0) is 11.3 Å². The lowest BCUT2D eigenvalue weighted by molar-refractivity contribution is 0.00844. The molecule has 1 saturated heterocycles. The lowest BCUT2D eigenvalue weighted by atomic mass is 9.97. The van der Waals surface area contributed by atoms with Crippen LogP contribution in [0.25, 0.3) is 0 Å². The third-order valence-electron chi connectivity index (χ3n) is 7.22. The molecule has 200 valence electrons. The van der Waals surface area contributed by atoms with Crippen molar-refractivity contribution < 1.29 is 14.3 Å². The average Bonchev–Trinajstić information content (AvgIpc) is 3.20. The van der Waals surface area contributed by atoms with Crippen molar-refractivity contribution in [3.63, 3.8) is 0 Å². The fourth-order valence-electron chi connectivity index (χ4n) is 4.81. The molecule has 2 aromatic carbocycles. The number of carbonyl (C=O) groups is 1. The number of benzene rings is 2. The van der Waals surface area contributed by atoms with Crippen LogP contribution in [0.5, 0.6) is 5.75 Å². The quantitative estimate of drug-likeness (QED) is 0.305. The first-order valence-corrected chi connectivity index (χ1v) is 13.7. The van der Waals surface area contributed by atoms with Crippen LogP contribution in [0.15, 0.2) is 54.2 Å². The number of rotatable bonds is 15. The van der Waals surface area contributed by atoms with E-state index >= 15 is 0 Å². The minimum Gasteiger partial charge on any atom is -0.494 e. The summed E-state index contributed by atoms with van der Waals surface area (Å²) in [5, 5.41) is 6.87. The third-order valence-corrected chi connectivity index (χ3v) is 7.22. The van der Waals surface area contributed by atoms with Gasteiger partial charge in [-0.25, -0.2) is 0 Å². The van der Waals surface area contributed by atoms with E-state index in [0.29, 0.717) is 25.6 Å². The van der Waals surface area contributed by atoms with Gasteiger partial charge < -0.3 is 30.7 Å². The molecule has 4 rings (SSSR count). The molecule has 2 aliphatic heterocycles. The molecular weight excluding hydrogens is 464 g/mol. The van der Waals surface area contributed by atoms with Gasteiger partial charge in [-0.1, -0.05) is 25.5 Å². The van der Waals surface area contributed by atoms with Crippen LogP contribution >= 0.6 is 0 Å². The summed E-state index contributed by atoms with van der Waals surface area (Å²) >= 11 is 0. The van der Waals surface area contributed by atoms with Crippen molar-refractivity contribution in [1.29, 1.82) is 0 Å².